The number of rotatable bonds is 2. The summed E-state index contributed by atoms with van der Waals surface area (Å²) in [4.78, 5) is 23.6. The Morgan fingerprint density at radius 1 is 1.65 bits per heavy atom. The zero-order chi connectivity index (χ0) is 14.4. The van der Waals surface area contributed by atoms with Crippen molar-refractivity contribution in [3.05, 3.63) is 28.0 Å². The van der Waals surface area contributed by atoms with E-state index in [-0.39, 0.29) is 10.0 Å². The molecule has 1 aliphatic heterocycles. The van der Waals surface area contributed by atoms with Gasteiger partial charge in [0.25, 0.3) is 0 Å². The summed E-state index contributed by atoms with van der Waals surface area (Å²) in [7, 11) is 0. The van der Waals surface area contributed by atoms with Gasteiger partial charge < -0.3 is 10.5 Å². The summed E-state index contributed by atoms with van der Waals surface area (Å²) >= 11 is 2.92. The van der Waals surface area contributed by atoms with Gasteiger partial charge in [-0.05, 0) is 28.1 Å². The van der Waals surface area contributed by atoms with E-state index in [4.69, 9.17) is 8.48 Å². The first-order chi connectivity index (χ1) is 8.75. The van der Waals surface area contributed by atoms with Gasteiger partial charge in [-0.15, -0.1) is 0 Å². The summed E-state index contributed by atoms with van der Waals surface area (Å²) in [5.74, 6) is -4.28. The minimum Gasteiger partial charge on any atom is -0.465 e. The molecule has 0 amide bonds. The molecule has 2 N–H and O–H groups in total. The van der Waals surface area contributed by atoms with Crippen LogP contribution in [0, 0.1) is 11.7 Å². The van der Waals surface area contributed by atoms with Gasteiger partial charge in [-0.1, -0.05) is 0 Å². The van der Waals surface area contributed by atoms with Crippen molar-refractivity contribution in [2.24, 2.45) is 5.92 Å². The SMILES string of the molecule is [2H]C1([2H])COC(=O)C1C(=O)c1ccc(Br)c(F)c1N. The van der Waals surface area contributed by atoms with Crippen LogP contribution in [-0.2, 0) is 9.53 Å². The average molecular weight is 304 g/mol. The zero-order valence-electron chi connectivity index (χ0n) is 10.5. The number of Topliss-reactive ketones (excluding diaryl/α,β-unsaturated/α-hetero) is 1. The third-order valence-corrected chi connectivity index (χ3v) is 3.01. The highest BCUT2D eigenvalue weighted by Crippen LogP contribution is 2.28. The number of hydrogen-bond acceptors (Lipinski definition) is 4. The molecule has 1 atom stereocenters. The Morgan fingerprint density at radius 2 is 2.35 bits per heavy atom. The van der Waals surface area contributed by atoms with Gasteiger partial charge in [0.05, 0.1) is 16.8 Å². The first kappa shape index (κ1) is 9.58. The standard InChI is InChI=1S/C11H9BrFNO3/c12-7-2-1-5(9(14)8(7)13)10(15)6-3-4-17-11(6)16/h1-2,6H,3-4,14H2/i3D2. The lowest BCUT2D eigenvalue weighted by molar-refractivity contribution is -0.140. The number of esters is 1. The Kier molecular flexibility index (Phi) is 2.51. The molecule has 6 heteroatoms. The number of cyclic esters (lactones) is 1. The second kappa shape index (κ2) is 4.44. The smallest absolute Gasteiger partial charge is 0.316 e. The normalized spacial score (nSPS) is 23.9. The highest BCUT2D eigenvalue weighted by Gasteiger charge is 2.35. The Labute approximate surface area is 108 Å². The van der Waals surface area contributed by atoms with Crippen LogP contribution in [0.15, 0.2) is 16.6 Å². The highest BCUT2D eigenvalue weighted by atomic mass is 79.9. The number of benzene rings is 1. The molecule has 0 saturated carbocycles. The molecule has 1 aliphatic rings. The Morgan fingerprint density at radius 3 is 2.94 bits per heavy atom. The number of anilines is 1. The number of hydrogen-bond donors (Lipinski definition) is 1. The predicted octanol–water partition coefficient (Wildman–Crippen LogP) is 1.92. The lowest BCUT2D eigenvalue weighted by Gasteiger charge is -2.09. The second-order valence-corrected chi connectivity index (χ2v) is 4.29. The molecular formula is C11H9BrFNO3. The first-order valence-electron chi connectivity index (χ1n) is 5.70. The van der Waals surface area contributed by atoms with E-state index in [1.54, 1.807) is 0 Å². The Balaban J connectivity index is 2.46. The molecule has 1 unspecified atom stereocenters. The van der Waals surface area contributed by atoms with Gasteiger partial charge in [0.1, 0.15) is 5.92 Å². The third-order valence-electron chi connectivity index (χ3n) is 2.40. The van der Waals surface area contributed by atoms with Crippen molar-refractivity contribution < 1.29 is 21.5 Å². The molecule has 1 heterocycles. The van der Waals surface area contributed by atoms with Gasteiger partial charge in [-0.2, -0.15) is 0 Å². The lowest BCUT2D eigenvalue weighted by atomic mass is 9.95. The summed E-state index contributed by atoms with van der Waals surface area (Å²) < 4.78 is 33.4. The third kappa shape index (κ3) is 2.04. The number of ketones is 1. The van der Waals surface area contributed by atoms with E-state index in [0.29, 0.717) is 0 Å². The summed E-state index contributed by atoms with van der Waals surface area (Å²) in [5, 5.41) is 0. The topological polar surface area (TPSA) is 69.4 Å². The molecule has 0 aliphatic carbocycles. The van der Waals surface area contributed by atoms with Crippen LogP contribution in [0.1, 0.15) is 19.5 Å². The Hall–Kier alpha value is -1.43. The molecule has 4 nitrogen and oxygen atoms in total. The van der Waals surface area contributed by atoms with E-state index in [9.17, 15) is 14.0 Å². The van der Waals surface area contributed by atoms with Crippen molar-refractivity contribution >= 4 is 33.4 Å². The molecule has 1 fully saturated rings. The molecule has 0 spiro atoms. The molecule has 1 aromatic rings. The summed E-state index contributed by atoms with van der Waals surface area (Å²) in [6.45, 7) is -0.499. The van der Waals surface area contributed by atoms with Crippen molar-refractivity contribution in [3.8, 4) is 0 Å². The molecule has 90 valence electrons. The van der Waals surface area contributed by atoms with Crippen LogP contribution in [0.2, 0.25) is 0 Å². The molecule has 0 bridgehead atoms. The fourth-order valence-electron chi connectivity index (χ4n) is 1.50. The van der Waals surface area contributed by atoms with Crippen LogP contribution in [0.5, 0.6) is 0 Å². The maximum atomic E-state index is 13.6. The van der Waals surface area contributed by atoms with Gasteiger partial charge in [-0.25, -0.2) is 4.39 Å². The van der Waals surface area contributed by atoms with Crippen molar-refractivity contribution in [1.29, 1.82) is 0 Å². The molecule has 0 radical (unpaired) electrons. The number of nitrogens with two attached hydrogens (primary N) is 1. The molecule has 1 saturated heterocycles. The van der Waals surface area contributed by atoms with Gasteiger partial charge in [0, 0.05) is 14.7 Å². The number of ether oxygens (including phenoxy) is 1. The van der Waals surface area contributed by atoms with Gasteiger partial charge in [0.2, 0.25) is 0 Å². The lowest BCUT2D eigenvalue weighted by Crippen LogP contribution is -2.21. The largest absolute Gasteiger partial charge is 0.465 e. The van der Waals surface area contributed by atoms with E-state index in [2.05, 4.69) is 20.7 Å². The fourth-order valence-corrected chi connectivity index (χ4v) is 1.84. The number of carbonyl (C=O) groups excluding carboxylic acids is 2. The molecule has 17 heavy (non-hydrogen) atoms. The van der Waals surface area contributed by atoms with Crippen LogP contribution in [0.25, 0.3) is 0 Å². The maximum Gasteiger partial charge on any atom is 0.316 e. The summed E-state index contributed by atoms with van der Waals surface area (Å²) in [6, 6.07) is 2.52. The first-order valence-corrected chi connectivity index (χ1v) is 5.49. The Bertz CT molecular complexity index is 579. The summed E-state index contributed by atoms with van der Waals surface area (Å²) in [5.41, 5.74) is 4.84. The van der Waals surface area contributed by atoms with Gasteiger partial charge >= 0.3 is 5.97 Å². The van der Waals surface area contributed by atoms with Crippen LogP contribution in [-0.4, -0.2) is 18.4 Å². The predicted molar refractivity (Wildman–Crippen MR) is 61.9 cm³/mol. The van der Waals surface area contributed by atoms with E-state index >= 15 is 0 Å². The van der Waals surface area contributed by atoms with Gasteiger partial charge in [-0.3, -0.25) is 9.59 Å². The van der Waals surface area contributed by atoms with Crippen molar-refractivity contribution in [2.75, 3.05) is 12.3 Å². The number of nitrogen functional groups attached to an aromatic ring is 1. The highest BCUT2D eigenvalue weighted by molar-refractivity contribution is 9.10. The van der Waals surface area contributed by atoms with Crippen LogP contribution in [0.4, 0.5) is 10.1 Å². The van der Waals surface area contributed by atoms with Crippen molar-refractivity contribution in [2.45, 2.75) is 6.37 Å². The minimum atomic E-state index is -2.12. The maximum absolute atomic E-state index is 13.6. The quantitative estimate of drug-likeness (QED) is 0.392. The monoisotopic (exact) mass is 303 g/mol. The average Bonchev–Trinajstić information content (AvgIpc) is 2.60. The number of halogens is 2. The number of carbonyl (C=O) groups is 2. The molecule has 2 rings (SSSR count). The van der Waals surface area contributed by atoms with Crippen LogP contribution < -0.4 is 5.73 Å². The van der Waals surface area contributed by atoms with E-state index < -0.39 is 42.2 Å². The van der Waals surface area contributed by atoms with Crippen LogP contribution >= 0.6 is 15.9 Å². The van der Waals surface area contributed by atoms with Crippen molar-refractivity contribution in [1.82, 2.24) is 0 Å². The van der Waals surface area contributed by atoms with E-state index in [1.165, 1.54) is 12.1 Å². The minimum absolute atomic E-state index is 0.0820. The fraction of sp³-hybridized carbons (Fsp3) is 0.273. The summed E-state index contributed by atoms with van der Waals surface area (Å²) in [6.07, 6.45) is -2.12. The second-order valence-electron chi connectivity index (χ2n) is 3.43. The van der Waals surface area contributed by atoms with E-state index in [1.807, 2.05) is 0 Å². The molecule has 1 aromatic carbocycles. The zero-order valence-corrected chi connectivity index (χ0v) is 10.1. The van der Waals surface area contributed by atoms with E-state index in [0.717, 1.165) is 0 Å². The van der Waals surface area contributed by atoms with Crippen molar-refractivity contribution in [3.63, 3.8) is 0 Å². The molecular weight excluding hydrogens is 293 g/mol. The van der Waals surface area contributed by atoms with Crippen LogP contribution in [0.3, 0.4) is 0 Å². The van der Waals surface area contributed by atoms with Gasteiger partial charge in [0.15, 0.2) is 11.6 Å². The molecule has 0 aromatic heterocycles.